The average molecular weight is 617 g/mol. The topological polar surface area (TPSA) is 98.9 Å². The van der Waals surface area contributed by atoms with Crippen molar-refractivity contribution in [3.8, 4) is 23.1 Å². The number of pyridine rings is 1. The Morgan fingerprint density at radius 3 is 2.55 bits per heavy atom. The molecule has 0 aliphatic carbocycles. The van der Waals surface area contributed by atoms with E-state index >= 15 is 0 Å². The van der Waals surface area contributed by atoms with Gasteiger partial charge in [0.2, 0.25) is 5.88 Å². The second-order valence-corrected chi connectivity index (χ2v) is 10.7. The first-order valence-electron chi connectivity index (χ1n) is 13.5. The van der Waals surface area contributed by atoms with Crippen molar-refractivity contribution in [2.45, 2.75) is 44.4 Å². The fraction of sp³-hybridized carbons (Fsp3) is 0.300. The number of carbonyl (C=O) groups is 1. The number of benzene rings is 2. The Hall–Kier alpha value is -4.72. The monoisotopic (exact) mass is 616 g/mol. The molecule has 1 unspecified atom stereocenters. The van der Waals surface area contributed by atoms with Crippen molar-refractivity contribution in [1.29, 1.82) is 0 Å². The molecule has 0 saturated carbocycles. The summed E-state index contributed by atoms with van der Waals surface area (Å²) in [6, 6.07) is 13.4. The fourth-order valence-electron chi connectivity index (χ4n) is 5.55. The number of fused-ring (bicyclic) bond motifs is 2. The molecule has 2 aliphatic heterocycles. The number of carboxylic acids is 1. The Morgan fingerprint density at radius 1 is 1.11 bits per heavy atom. The number of nitrogens with zero attached hydrogens (tertiary/aromatic N) is 4. The molecule has 0 radical (unpaired) electrons. The van der Waals surface area contributed by atoms with E-state index in [0.717, 1.165) is 5.56 Å². The van der Waals surface area contributed by atoms with Crippen molar-refractivity contribution in [1.82, 2.24) is 19.7 Å². The molecule has 4 aromatic rings. The maximum absolute atomic E-state index is 14.2. The molecule has 6 rings (SSSR count). The molecule has 0 spiro atoms. The second-order valence-electron chi connectivity index (χ2n) is 10.7. The Bertz CT molecular complexity index is 1720. The van der Waals surface area contributed by atoms with Gasteiger partial charge in [-0.25, -0.2) is 14.5 Å². The zero-order chi connectivity index (χ0) is 31.4. The number of likely N-dealkylation sites (N-methyl/N-ethyl adjacent to an activating group) is 1. The molecule has 0 fully saturated rings. The molecule has 230 valence electrons. The van der Waals surface area contributed by atoms with Gasteiger partial charge in [-0.05, 0) is 61.9 Å². The first kappa shape index (κ1) is 29.4. The van der Waals surface area contributed by atoms with Gasteiger partial charge in [0.15, 0.2) is 17.2 Å². The minimum atomic E-state index is -4.71. The van der Waals surface area contributed by atoms with Crippen LogP contribution >= 0.6 is 0 Å². The van der Waals surface area contributed by atoms with Gasteiger partial charge in [-0.15, -0.1) is 8.78 Å². The molecule has 0 saturated heterocycles. The third kappa shape index (κ3) is 5.76. The van der Waals surface area contributed by atoms with Gasteiger partial charge in [0.1, 0.15) is 6.10 Å². The van der Waals surface area contributed by atoms with Gasteiger partial charge in [0, 0.05) is 36.8 Å². The van der Waals surface area contributed by atoms with Gasteiger partial charge >= 0.3 is 18.4 Å². The second kappa shape index (κ2) is 10.8. The van der Waals surface area contributed by atoms with E-state index in [1.807, 2.05) is 0 Å². The summed E-state index contributed by atoms with van der Waals surface area (Å²) >= 11 is 0. The third-order valence-corrected chi connectivity index (χ3v) is 7.48. The molecular formula is C30H25F5N4O5. The van der Waals surface area contributed by atoms with Gasteiger partial charge in [-0.1, -0.05) is 18.2 Å². The molecule has 9 nitrogen and oxygen atoms in total. The van der Waals surface area contributed by atoms with Crippen LogP contribution in [0.1, 0.15) is 57.4 Å². The van der Waals surface area contributed by atoms with E-state index in [9.17, 15) is 31.9 Å². The zero-order valence-electron chi connectivity index (χ0n) is 23.3. The maximum atomic E-state index is 14.2. The van der Waals surface area contributed by atoms with Crippen LogP contribution in [0.2, 0.25) is 0 Å². The Labute approximate surface area is 247 Å². The largest absolute Gasteiger partial charge is 0.586 e. The van der Waals surface area contributed by atoms with Crippen LogP contribution in [0.15, 0.2) is 60.8 Å². The summed E-state index contributed by atoms with van der Waals surface area (Å²) in [5, 5.41) is 13.3. The summed E-state index contributed by atoms with van der Waals surface area (Å²) in [5.41, 5.74) is 1.09. The number of aromatic nitrogens is 3. The zero-order valence-corrected chi connectivity index (χ0v) is 23.3. The normalized spacial score (nSPS) is 18.1. The Morgan fingerprint density at radius 2 is 1.84 bits per heavy atom. The molecule has 2 aliphatic rings. The molecule has 0 amide bonds. The number of hydrogen-bond acceptors (Lipinski definition) is 7. The Balaban J connectivity index is 1.33. The van der Waals surface area contributed by atoms with Gasteiger partial charge in [-0.2, -0.15) is 18.3 Å². The first-order chi connectivity index (χ1) is 20.8. The molecular weight excluding hydrogens is 591 g/mol. The minimum absolute atomic E-state index is 0.0350. The fourth-order valence-corrected chi connectivity index (χ4v) is 5.55. The highest BCUT2D eigenvalue weighted by atomic mass is 19.4. The predicted molar refractivity (Wildman–Crippen MR) is 144 cm³/mol. The van der Waals surface area contributed by atoms with Gasteiger partial charge in [0.05, 0.1) is 16.9 Å². The number of rotatable bonds is 7. The number of carboxylic acid groups (broad SMARTS) is 1. The van der Waals surface area contributed by atoms with Crippen molar-refractivity contribution < 1.29 is 46.1 Å². The molecule has 2 aromatic carbocycles. The average Bonchev–Trinajstić information content (AvgIpc) is 3.49. The lowest BCUT2D eigenvalue weighted by atomic mass is 9.89. The van der Waals surface area contributed by atoms with Crippen molar-refractivity contribution in [2.75, 3.05) is 13.6 Å². The number of alkyl halides is 5. The van der Waals surface area contributed by atoms with Crippen molar-refractivity contribution in [2.24, 2.45) is 0 Å². The van der Waals surface area contributed by atoms with E-state index in [1.165, 1.54) is 53.3 Å². The molecule has 1 N–H and O–H groups in total. The van der Waals surface area contributed by atoms with Crippen LogP contribution in [0.4, 0.5) is 22.0 Å². The number of ether oxygens (including phenoxy) is 3. The SMILES string of the molecule is C[C@H](Oc1cc(-n2nc(C(F)(F)F)c3c2C(Cc2ccc(C(=O)O)cc2)CN(C)C3)ccn1)c1ccc2c(c1)OC(F)(F)O2. The van der Waals surface area contributed by atoms with Crippen LogP contribution in [-0.4, -0.2) is 50.6 Å². The number of aromatic carboxylic acids is 1. The van der Waals surface area contributed by atoms with E-state index < -0.39 is 36.2 Å². The van der Waals surface area contributed by atoms with Crippen LogP contribution in [0, 0.1) is 0 Å². The summed E-state index contributed by atoms with van der Waals surface area (Å²) in [6.45, 7) is 2.13. The Kier molecular flexibility index (Phi) is 7.19. The highest BCUT2D eigenvalue weighted by molar-refractivity contribution is 5.87. The van der Waals surface area contributed by atoms with E-state index in [4.69, 9.17) is 4.74 Å². The van der Waals surface area contributed by atoms with Crippen LogP contribution < -0.4 is 14.2 Å². The van der Waals surface area contributed by atoms with E-state index in [-0.39, 0.29) is 40.7 Å². The third-order valence-electron chi connectivity index (χ3n) is 7.48. The van der Waals surface area contributed by atoms with Gasteiger partial charge in [-0.3, -0.25) is 0 Å². The quantitative estimate of drug-likeness (QED) is 0.245. The lowest BCUT2D eigenvalue weighted by Gasteiger charge is -2.31. The summed E-state index contributed by atoms with van der Waals surface area (Å²) in [5.74, 6) is -1.68. The van der Waals surface area contributed by atoms with E-state index in [0.29, 0.717) is 24.2 Å². The van der Waals surface area contributed by atoms with E-state index in [1.54, 1.807) is 31.0 Å². The highest BCUT2D eigenvalue weighted by Crippen LogP contribution is 2.43. The molecule has 2 atom stereocenters. The van der Waals surface area contributed by atoms with Crippen LogP contribution in [0.3, 0.4) is 0 Å². The van der Waals surface area contributed by atoms with Crippen LogP contribution in [-0.2, 0) is 19.1 Å². The first-order valence-corrected chi connectivity index (χ1v) is 13.5. The van der Waals surface area contributed by atoms with Crippen molar-refractivity contribution in [3.05, 3.63) is 94.4 Å². The summed E-state index contributed by atoms with van der Waals surface area (Å²) in [6.07, 6.45) is -7.46. The minimum Gasteiger partial charge on any atom is -0.478 e. The van der Waals surface area contributed by atoms with E-state index in [2.05, 4.69) is 19.6 Å². The number of hydrogen-bond donors (Lipinski definition) is 1. The molecule has 14 heteroatoms. The molecule has 4 heterocycles. The smallest absolute Gasteiger partial charge is 0.478 e. The van der Waals surface area contributed by atoms with Gasteiger partial charge in [0.25, 0.3) is 0 Å². The summed E-state index contributed by atoms with van der Waals surface area (Å²) in [7, 11) is 1.73. The number of halogens is 5. The molecule has 44 heavy (non-hydrogen) atoms. The predicted octanol–water partition coefficient (Wildman–Crippen LogP) is 6.22. The lowest BCUT2D eigenvalue weighted by Crippen LogP contribution is -2.33. The van der Waals surface area contributed by atoms with Crippen LogP contribution in [0.5, 0.6) is 17.4 Å². The molecule has 2 aromatic heterocycles. The van der Waals surface area contributed by atoms with Crippen molar-refractivity contribution in [3.63, 3.8) is 0 Å². The summed E-state index contributed by atoms with van der Waals surface area (Å²) in [4.78, 5) is 17.3. The van der Waals surface area contributed by atoms with Crippen molar-refractivity contribution >= 4 is 5.97 Å². The lowest BCUT2D eigenvalue weighted by molar-refractivity contribution is -0.286. The van der Waals surface area contributed by atoms with Gasteiger partial charge < -0.3 is 24.2 Å². The van der Waals surface area contributed by atoms with Crippen LogP contribution in [0.25, 0.3) is 5.69 Å². The standard InChI is InChI=1S/C30H25F5N4O5/c1-16(19-7-8-23-24(12-19)44-30(34,35)43-23)42-25-13-21(9-10-36-25)39-26-20(11-17-3-5-18(6-4-17)28(40)41)14-38(2)15-22(26)27(37-39)29(31,32)33/h3-10,12-13,16,20H,11,14-15H2,1-2H3,(H,40,41)/t16-,20?/m0/s1. The molecule has 0 bridgehead atoms. The summed E-state index contributed by atoms with van der Waals surface area (Å²) < 4.78 is 85.7. The maximum Gasteiger partial charge on any atom is 0.586 e. The highest BCUT2D eigenvalue weighted by Gasteiger charge is 2.44.